The first-order valence-corrected chi connectivity index (χ1v) is 12.5. The molecule has 7 nitrogen and oxygen atoms in total. The van der Waals surface area contributed by atoms with Gasteiger partial charge in [-0.05, 0) is 48.2 Å². The maximum Gasteiger partial charge on any atom is 0.309 e. The highest BCUT2D eigenvalue weighted by Crippen LogP contribution is 2.48. The van der Waals surface area contributed by atoms with Crippen LogP contribution in [-0.4, -0.2) is 48.8 Å². The molecular formula is C28H35NO6. The Labute approximate surface area is 207 Å². The fourth-order valence-electron chi connectivity index (χ4n) is 5.57. The Bertz CT molecular complexity index is 1030. The van der Waals surface area contributed by atoms with Gasteiger partial charge < -0.3 is 19.3 Å². The van der Waals surface area contributed by atoms with Crippen LogP contribution in [0.5, 0.6) is 17.2 Å². The number of carboxylic acids is 1. The average Bonchev–Trinajstić information content (AvgIpc) is 3.48. The molecule has 1 saturated heterocycles. The highest BCUT2D eigenvalue weighted by Gasteiger charge is 2.48. The number of fused-ring (bicyclic) bond motifs is 1. The van der Waals surface area contributed by atoms with Crippen molar-refractivity contribution < 1.29 is 28.9 Å². The van der Waals surface area contributed by atoms with E-state index >= 15 is 0 Å². The second-order valence-corrected chi connectivity index (χ2v) is 9.47. The van der Waals surface area contributed by atoms with Gasteiger partial charge in [-0.1, -0.05) is 44.9 Å². The quantitative estimate of drug-likeness (QED) is 0.481. The van der Waals surface area contributed by atoms with E-state index in [1.165, 1.54) is 0 Å². The lowest BCUT2D eigenvalue weighted by molar-refractivity contribution is -0.143. The van der Waals surface area contributed by atoms with Gasteiger partial charge in [-0.3, -0.25) is 14.5 Å². The Balaban J connectivity index is 1.70. The highest BCUT2D eigenvalue weighted by atomic mass is 16.7. The lowest BCUT2D eigenvalue weighted by Crippen LogP contribution is -2.35. The van der Waals surface area contributed by atoms with Crippen LogP contribution in [-0.2, 0) is 9.59 Å². The van der Waals surface area contributed by atoms with Crippen molar-refractivity contribution in [2.75, 3.05) is 27.0 Å². The normalized spacial score (nSPS) is 21.4. The minimum absolute atomic E-state index is 0.00869. The summed E-state index contributed by atoms with van der Waals surface area (Å²) < 4.78 is 16.3. The Morgan fingerprint density at radius 2 is 1.69 bits per heavy atom. The second-order valence-electron chi connectivity index (χ2n) is 9.47. The van der Waals surface area contributed by atoms with Crippen molar-refractivity contribution in [3.05, 3.63) is 53.6 Å². The number of nitrogens with zero attached hydrogens (tertiary/aromatic N) is 1. The molecule has 1 N–H and O–H groups in total. The molecule has 2 aromatic rings. The standard InChI is InChI=1S/C28H35NO6/c1-4-6-18(7-5-2)23(30)16-29-15-22(20-10-13-24-25(14-20)35-17-34-24)26(28(31)32)27(29)19-8-11-21(33-3)12-9-19/h8-14,18,22,26-27H,4-7,15-17H2,1-3H3,(H,31,32). The second kappa shape index (κ2) is 11.1. The zero-order valence-electron chi connectivity index (χ0n) is 20.7. The number of carbonyl (C=O) groups is 2. The SMILES string of the molecule is CCCC(CCC)C(=O)CN1CC(c2ccc3c(c2)OCO3)C(C(=O)O)C1c1ccc(OC)cc1. The largest absolute Gasteiger partial charge is 0.497 e. The molecule has 0 bridgehead atoms. The van der Waals surface area contributed by atoms with Gasteiger partial charge in [0.25, 0.3) is 0 Å². The molecule has 35 heavy (non-hydrogen) atoms. The van der Waals surface area contributed by atoms with E-state index in [4.69, 9.17) is 14.2 Å². The van der Waals surface area contributed by atoms with Crippen LogP contribution in [0.15, 0.2) is 42.5 Å². The summed E-state index contributed by atoms with van der Waals surface area (Å²) in [5.41, 5.74) is 1.76. The first-order chi connectivity index (χ1) is 17.0. The van der Waals surface area contributed by atoms with Crippen LogP contribution >= 0.6 is 0 Å². The number of ketones is 1. The number of methoxy groups -OCH3 is 1. The molecule has 7 heteroatoms. The number of likely N-dealkylation sites (tertiary alicyclic amines) is 1. The molecule has 0 aliphatic carbocycles. The first kappa shape index (κ1) is 25.0. The van der Waals surface area contributed by atoms with Crippen LogP contribution < -0.4 is 14.2 Å². The van der Waals surface area contributed by atoms with Crippen molar-refractivity contribution in [3.63, 3.8) is 0 Å². The molecule has 3 unspecified atom stereocenters. The molecule has 2 aliphatic rings. The van der Waals surface area contributed by atoms with Gasteiger partial charge in [-0.2, -0.15) is 0 Å². The van der Waals surface area contributed by atoms with Crippen LogP contribution in [0.25, 0.3) is 0 Å². The summed E-state index contributed by atoms with van der Waals surface area (Å²) in [6.45, 7) is 5.08. The molecule has 0 saturated carbocycles. The molecular weight excluding hydrogens is 446 g/mol. The number of benzene rings is 2. The molecule has 0 radical (unpaired) electrons. The first-order valence-electron chi connectivity index (χ1n) is 12.5. The number of aliphatic carboxylic acids is 1. The molecule has 2 heterocycles. The third-order valence-electron chi connectivity index (χ3n) is 7.25. The minimum Gasteiger partial charge on any atom is -0.497 e. The van der Waals surface area contributed by atoms with Gasteiger partial charge in [0.1, 0.15) is 11.5 Å². The number of carbonyl (C=O) groups excluding carboxylic acids is 1. The van der Waals surface area contributed by atoms with E-state index in [-0.39, 0.29) is 31.0 Å². The Morgan fingerprint density at radius 1 is 1.03 bits per heavy atom. The van der Waals surface area contributed by atoms with Crippen LogP contribution in [0.1, 0.15) is 62.6 Å². The van der Waals surface area contributed by atoms with E-state index in [0.717, 1.165) is 36.8 Å². The van der Waals surface area contributed by atoms with Crippen molar-refractivity contribution in [1.82, 2.24) is 4.90 Å². The van der Waals surface area contributed by atoms with Gasteiger partial charge in [-0.15, -0.1) is 0 Å². The van der Waals surface area contributed by atoms with E-state index < -0.39 is 17.9 Å². The van der Waals surface area contributed by atoms with Crippen molar-refractivity contribution in [2.45, 2.75) is 51.5 Å². The van der Waals surface area contributed by atoms with Crippen LogP contribution in [0.2, 0.25) is 0 Å². The Morgan fingerprint density at radius 3 is 2.31 bits per heavy atom. The van der Waals surface area contributed by atoms with Crippen molar-refractivity contribution in [1.29, 1.82) is 0 Å². The molecule has 0 amide bonds. The molecule has 4 rings (SSSR count). The number of ether oxygens (including phenoxy) is 3. The van der Waals surface area contributed by atoms with E-state index in [1.54, 1.807) is 7.11 Å². The van der Waals surface area contributed by atoms with Crippen molar-refractivity contribution in [3.8, 4) is 17.2 Å². The van der Waals surface area contributed by atoms with Crippen molar-refractivity contribution >= 4 is 11.8 Å². The summed E-state index contributed by atoms with van der Waals surface area (Å²) in [5, 5.41) is 10.4. The molecule has 3 atom stereocenters. The van der Waals surface area contributed by atoms with Crippen molar-refractivity contribution in [2.24, 2.45) is 11.8 Å². The van der Waals surface area contributed by atoms with Gasteiger partial charge in [0.15, 0.2) is 11.5 Å². The summed E-state index contributed by atoms with van der Waals surface area (Å²) in [5.74, 6) is 0.330. The predicted octanol–water partition coefficient (Wildman–Crippen LogP) is 5.05. The smallest absolute Gasteiger partial charge is 0.309 e. The van der Waals surface area contributed by atoms with Crippen LogP contribution in [0, 0.1) is 11.8 Å². The zero-order valence-corrected chi connectivity index (χ0v) is 20.7. The zero-order chi connectivity index (χ0) is 24.9. The monoisotopic (exact) mass is 481 g/mol. The maximum atomic E-state index is 13.4. The van der Waals surface area contributed by atoms with Gasteiger partial charge in [0.2, 0.25) is 6.79 Å². The highest BCUT2D eigenvalue weighted by molar-refractivity contribution is 5.83. The molecule has 1 fully saturated rings. The van der Waals surface area contributed by atoms with E-state index in [9.17, 15) is 14.7 Å². The number of hydrogen-bond donors (Lipinski definition) is 1. The average molecular weight is 482 g/mol. The molecule has 188 valence electrons. The lowest BCUT2D eigenvalue weighted by Gasteiger charge is -2.28. The maximum absolute atomic E-state index is 13.4. The number of Topliss-reactive ketones (excluding diaryl/α,β-unsaturated/α-hetero) is 1. The van der Waals surface area contributed by atoms with Gasteiger partial charge >= 0.3 is 5.97 Å². The lowest BCUT2D eigenvalue weighted by atomic mass is 9.82. The fraction of sp³-hybridized carbons (Fsp3) is 0.500. The molecule has 2 aromatic carbocycles. The summed E-state index contributed by atoms with van der Waals surface area (Å²) in [4.78, 5) is 28.2. The molecule has 0 aromatic heterocycles. The predicted molar refractivity (Wildman–Crippen MR) is 132 cm³/mol. The van der Waals surface area contributed by atoms with Gasteiger partial charge in [-0.25, -0.2) is 0 Å². The van der Waals surface area contributed by atoms with E-state index in [0.29, 0.717) is 23.8 Å². The topological polar surface area (TPSA) is 85.3 Å². The van der Waals surface area contributed by atoms with Gasteiger partial charge in [0.05, 0.1) is 19.6 Å². The Kier molecular flexibility index (Phi) is 7.96. The third-order valence-corrected chi connectivity index (χ3v) is 7.25. The third kappa shape index (κ3) is 5.30. The van der Waals surface area contributed by atoms with Crippen LogP contribution in [0.3, 0.4) is 0 Å². The molecule has 0 spiro atoms. The fourth-order valence-corrected chi connectivity index (χ4v) is 5.57. The van der Waals surface area contributed by atoms with E-state index in [1.807, 2.05) is 42.5 Å². The summed E-state index contributed by atoms with van der Waals surface area (Å²) in [6, 6.07) is 12.7. The summed E-state index contributed by atoms with van der Waals surface area (Å²) in [6.07, 6.45) is 3.63. The number of carboxylic acid groups (broad SMARTS) is 1. The number of rotatable bonds is 11. The van der Waals surface area contributed by atoms with Gasteiger partial charge in [0, 0.05) is 24.4 Å². The summed E-state index contributed by atoms with van der Waals surface area (Å²) >= 11 is 0. The minimum atomic E-state index is -0.873. The van der Waals surface area contributed by atoms with E-state index in [2.05, 4.69) is 18.7 Å². The Hall–Kier alpha value is -3.06. The summed E-state index contributed by atoms with van der Waals surface area (Å²) in [7, 11) is 1.60. The van der Waals surface area contributed by atoms with Crippen LogP contribution in [0.4, 0.5) is 0 Å². The number of hydrogen-bond acceptors (Lipinski definition) is 6. The molecule has 2 aliphatic heterocycles.